The van der Waals surface area contributed by atoms with Crippen LogP contribution in [0, 0.1) is 0 Å². The first-order chi connectivity index (χ1) is 12.3. The molecule has 0 aliphatic heterocycles. The number of halogens is 3. The molecule has 0 aliphatic rings. The van der Waals surface area contributed by atoms with Crippen LogP contribution >= 0.6 is 0 Å². The van der Waals surface area contributed by atoms with Crippen molar-refractivity contribution in [1.29, 1.82) is 0 Å². The van der Waals surface area contributed by atoms with E-state index >= 15 is 0 Å². The molecule has 0 fully saturated rings. The van der Waals surface area contributed by atoms with Crippen molar-refractivity contribution < 1.29 is 27.4 Å². The summed E-state index contributed by atoms with van der Waals surface area (Å²) < 4.78 is 48.3. The number of alkyl halides is 3. The second kappa shape index (κ2) is 8.60. The normalized spacial score (nSPS) is 12.3. The fraction of sp³-hybridized carbons (Fsp3) is 0.316. The van der Waals surface area contributed by atoms with Gasteiger partial charge in [-0.25, -0.2) is 0 Å². The first kappa shape index (κ1) is 19.6. The Labute approximate surface area is 149 Å². The van der Waals surface area contributed by atoms with E-state index < -0.39 is 17.6 Å². The monoisotopic (exact) mass is 367 g/mol. The van der Waals surface area contributed by atoms with Gasteiger partial charge in [0.05, 0.1) is 12.7 Å². The molecule has 0 saturated heterocycles. The highest BCUT2D eigenvalue weighted by Gasteiger charge is 2.30. The van der Waals surface area contributed by atoms with Gasteiger partial charge in [-0.1, -0.05) is 18.2 Å². The van der Waals surface area contributed by atoms with E-state index in [4.69, 9.17) is 9.47 Å². The van der Waals surface area contributed by atoms with Crippen LogP contribution in [0.2, 0.25) is 0 Å². The third-order valence-corrected chi connectivity index (χ3v) is 3.61. The Morgan fingerprint density at radius 3 is 2.50 bits per heavy atom. The smallest absolute Gasteiger partial charge is 0.416 e. The lowest BCUT2D eigenvalue weighted by atomic mass is 10.1. The van der Waals surface area contributed by atoms with Crippen LogP contribution in [-0.2, 0) is 17.4 Å². The van der Waals surface area contributed by atoms with Crippen LogP contribution in [0.15, 0.2) is 48.5 Å². The zero-order valence-corrected chi connectivity index (χ0v) is 14.5. The molecule has 0 aliphatic carbocycles. The first-order valence-corrected chi connectivity index (χ1v) is 8.00. The quantitative estimate of drug-likeness (QED) is 0.809. The van der Waals surface area contributed by atoms with Crippen molar-refractivity contribution in [2.75, 3.05) is 13.7 Å². The van der Waals surface area contributed by atoms with Gasteiger partial charge in [-0.3, -0.25) is 4.79 Å². The number of benzene rings is 2. The Hall–Kier alpha value is -2.70. The van der Waals surface area contributed by atoms with E-state index in [1.807, 2.05) is 31.2 Å². The highest BCUT2D eigenvalue weighted by molar-refractivity contribution is 5.77. The number of ether oxygens (including phenoxy) is 2. The Bertz CT molecular complexity index is 747. The molecular formula is C19H20F3NO3. The van der Waals surface area contributed by atoms with Crippen LogP contribution in [0.1, 0.15) is 18.1 Å². The van der Waals surface area contributed by atoms with E-state index in [1.165, 1.54) is 12.1 Å². The zero-order chi connectivity index (χ0) is 19.2. The van der Waals surface area contributed by atoms with Gasteiger partial charge in [-0.2, -0.15) is 13.2 Å². The van der Waals surface area contributed by atoms with Gasteiger partial charge in [-0.05, 0) is 49.2 Å². The maximum Gasteiger partial charge on any atom is 0.416 e. The molecule has 7 heteroatoms. The molecule has 2 rings (SSSR count). The summed E-state index contributed by atoms with van der Waals surface area (Å²) >= 11 is 0. The highest BCUT2D eigenvalue weighted by Crippen LogP contribution is 2.31. The lowest BCUT2D eigenvalue weighted by molar-refractivity contribution is -0.137. The summed E-state index contributed by atoms with van der Waals surface area (Å²) in [5, 5.41) is 2.75. The van der Waals surface area contributed by atoms with Crippen molar-refractivity contribution >= 4 is 5.91 Å². The number of hydrogen-bond acceptors (Lipinski definition) is 3. The molecule has 0 bridgehead atoms. The molecule has 0 heterocycles. The van der Waals surface area contributed by atoms with Gasteiger partial charge in [-0.15, -0.1) is 0 Å². The zero-order valence-electron chi connectivity index (χ0n) is 14.5. The van der Waals surface area contributed by atoms with Gasteiger partial charge in [0.15, 0.2) is 6.61 Å². The number of rotatable bonds is 7. The summed E-state index contributed by atoms with van der Waals surface area (Å²) in [4.78, 5) is 11.9. The number of nitrogens with one attached hydrogen (secondary N) is 1. The van der Waals surface area contributed by atoms with Crippen LogP contribution in [-0.4, -0.2) is 25.7 Å². The molecule has 2 aromatic carbocycles. The maximum atomic E-state index is 12.7. The maximum absolute atomic E-state index is 12.7. The van der Waals surface area contributed by atoms with Crippen molar-refractivity contribution in [1.82, 2.24) is 5.32 Å². The minimum atomic E-state index is -4.45. The van der Waals surface area contributed by atoms with E-state index in [9.17, 15) is 18.0 Å². The van der Waals surface area contributed by atoms with Crippen LogP contribution < -0.4 is 14.8 Å². The summed E-state index contributed by atoms with van der Waals surface area (Å²) in [6.45, 7) is 1.48. The number of methoxy groups -OCH3 is 1. The third-order valence-electron chi connectivity index (χ3n) is 3.61. The highest BCUT2D eigenvalue weighted by atomic mass is 19.4. The van der Waals surface area contributed by atoms with Crippen LogP contribution in [0.4, 0.5) is 13.2 Å². The van der Waals surface area contributed by atoms with Crippen molar-refractivity contribution in [3.63, 3.8) is 0 Å². The van der Waals surface area contributed by atoms with Gasteiger partial charge >= 0.3 is 6.18 Å². The summed E-state index contributed by atoms with van der Waals surface area (Å²) in [5.41, 5.74) is 0.178. The molecule has 0 radical (unpaired) electrons. The number of carbonyl (C=O) groups excluding carboxylic acids is 1. The van der Waals surface area contributed by atoms with E-state index in [2.05, 4.69) is 5.32 Å². The second-order valence-corrected chi connectivity index (χ2v) is 5.84. The average molecular weight is 367 g/mol. The molecular weight excluding hydrogens is 347 g/mol. The Morgan fingerprint density at radius 1 is 1.12 bits per heavy atom. The Kier molecular flexibility index (Phi) is 6.49. The fourth-order valence-corrected chi connectivity index (χ4v) is 2.43. The summed E-state index contributed by atoms with van der Waals surface area (Å²) in [5.74, 6) is 0.321. The molecule has 26 heavy (non-hydrogen) atoms. The molecule has 4 nitrogen and oxygen atoms in total. The standard InChI is InChI=1S/C19H20F3NO3/c1-13(9-14-5-3-7-16(10-14)25-2)23-18(24)12-26-17-8-4-6-15(11-17)19(20,21)22/h3-8,10-11,13H,9,12H2,1-2H3,(H,23,24). The third kappa shape index (κ3) is 5.98. The van der Waals surface area contributed by atoms with Crippen molar-refractivity contribution in [2.24, 2.45) is 0 Å². The molecule has 1 N–H and O–H groups in total. The number of hydrogen-bond donors (Lipinski definition) is 1. The first-order valence-electron chi connectivity index (χ1n) is 8.00. The molecule has 1 atom stereocenters. The van der Waals surface area contributed by atoms with Crippen LogP contribution in [0.3, 0.4) is 0 Å². The SMILES string of the molecule is COc1cccc(CC(C)NC(=O)COc2cccc(C(F)(F)F)c2)c1. The summed E-state index contributed by atoms with van der Waals surface area (Å²) in [7, 11) is 1.58. The minimum absolute atomic E-state index is 0.00424. The van der Waals surface area contributed by atoms with Gasteiger partial charge in [0.2, 0.25) is 0 Å². The molecule has 1 unspecified atom stereocenters. The van der Waals surface area contributed by atoms with Gasteiger partial charge in [0, 0.05) is 6.04 Å². The molecule has 0 aromatic heterocycles. The lowest BCUT2D eigenvalue weighted by Crippen LogP contribution is -2.37. The van der Waals surface area contributed by atoms with E-state index in [0.29, 0.717) is 6.42 Å². The molecule has 0 spiro atoms. The van der Waals surface area contributed by atoms with E-state index in [1.54, 1.807) is 7.11 Å². The second-order valence-electron chi connectivity index (χ2n) is 5.84. The topological polar surface area (TPSA) is 47.6 Å². The van der Waals surface area contributed by atoms with Gasteiger partial charge < -0.3 is 14.8 Å². The van der Waals surface area contributed by atoms with Gasteiger partial charge in [0.1, 0.15) is 11.5 Å². The largest absolute Gasteiger partial charge is 0.497 e. The summed E-state index contributed by atoms with van der Waals surface area (Å²) in [6.07, 6.45) is -3.86. The predicted octanol–water partition coefficient (Wildman–Crippen LogP) is 3.84. The van der Waals surface area contributed by atoms with Gasteiger partial charge in [0.25, 0.3) is 5.91 Å². The van der Waals surface area contributed by atoms with Crippen LogP contribution in [0.25, 0.3) is 0 Å². The molecule has 140 valence electrons. The van der Waals surface area contributed by atoms with Crippen molar-refractivity contribution in [2.45, 2.75) is 25.6 Å². The average Bonchev–Trinajstić information content (AvgIpc) is 2.59. The van der Waals surface area contributed by atoms with Crippen molar-refractivity contribution in [3.05, 3.63) is 59.7 Å². The number of carbonyl (C=O) groups is 1. The fourth-order valence-electron chi connectivity index (χ4n) is 2.43. The minimum Gasteiger partial charge on any atom is -0.497 e. The number of amides is 1. The van der Waals surface area contributed by atoms with E-state index in [-0.39, 0.29) is 18.4 Å². The Morgan fingerprint density at radius 2 is 1.81 bits per heavy atom. The molecule has 1 amide bonds. The molecule has 2 aromatic rings. The Balaban J connectivity index is 1.84. The summed E-state index contributed by atoms with van der Waals surface area (Å²) in [6, 6.07) is 11.8. The predicted molar refractivity (Wildman–Crippen MR) is 91.2 cm³/mol. The van der Waals surface area contributed by atoms with Crippen molar-refractivity contribution in [3.8, 4) is 11.5 Å². The van der Waals surface area contributed by atoms with Crippen LogP contribution in [0.5, 0.6) is 11.5 Å². The lowest BCUT2D eigenvalue weighted by Gasteiger charge is -2.15. The molecule has 0 saturated carbocycles. The van der Waals surface area contributed by atoms with E-state index in [0.717, 1.165) is 23.4 Å².